The highest BCUT2D eigenvalue weighted by Crippen LogP contribution is 2.40. The third-order valence-corrected chi connectivity index (χ3v) is 7.38. The number of hydrogen-bond acceptors (Lipinski definition) is 8. The maximum atomic E-state index is 12.2. The molecule has 1 unspecified atom stereocenters. The number of aliphatic hydroxyl groups excluding tert-OH is 1. The smallest absolute Gasteiger partial charge is 0.303 e. The third-order valence-electron chi connectivity index (χ3n) is 7.06. The molecular formula is C32H30ClNO8. The lowest BCUT2D eigenvalue weighted by Crippen LogP contribution is -2.55. The van der Waals surface area contributed by atoms with E-state index in [0.29, 0.717) is 27.1 Å². The molecule has 10 heteroatoms. The van der Waals surface area contributed by atoms with Crippen LogP contribution in [0.25, 0.3) is 22.0 Å². The number of benzene rings is 3. The van der Waals surface area contributed by atoms with Crippen molar-refractivity contribution in [1.82, 2.24) is 4.57 Å². The summed E-state index contributed by atoms with van der Waals surface area (Å²) in [6.07, 6.45) is -3.73. The van der Waals surface area contributed by atoms with Gasteiger partial charge in [0.2, 0.25) is 0 Å². The molecule has 1 aliphatic heterocycles. The predicted octanol–water partition coefficient (Wildman–Crippen LogP) is 5.37. The van der Waals surface area contributed by atoms with Crippen molar-refractivity contribution in [2.75, 3.05) is 6.61 Å². The molecule has 4 aromatic rings. The third kappa shape index (κ3) is 6.04. The van der Waals surface area contributed by atoms with Gasteiger partial charge >= 0.3 is 17.9 Å². The number of halogens is 1. The summed E-state index contributed by atoms with van der Waals surface area (Å²) in [7, 11) is 0. The van der Waals surface area contributed by atoms with E-state index >= 15 is 0 Å². The number of esters is 3. The second kappa shape index (κ2) is 12.4. The molecule has 1 N–H and O–H groups in total. The van der Waals surface area contributed by atoms with Crippen LogP contribution in [0.2, 0.25) is 5.02 Å². The SMILES string of the molecule is CC(=O)O[C@@H]1[C@@H](OC(C)=O)[C@H](OC(C)=O)CO[C@H]1n1cc(C(O)c2ccc(-c3ccccc3)cc2)c2c(Cl)cccc21. The fourth-order valence-electron chi connectivity index (χ4n) is 5.34. The first kappa shape index (κ1) is 29.3. The Balaban J connectivity index is 1.57. The van der Waals surface area contributed by atoms with Crippen molar-refractivity contribution < 1.29 is 38.4 Å². The second-order valence-electron chi connectivity index (χ2n) is 10.0. The molecule has 0 bridgehead atoms. The summed E-state index contributed by atoms with van der Waals surface area (Å²) in [6, 6.07) is 22.7. The molecule has 0 saturated carbocycles. The summed E-state index contributed by atoms with van der Waals surface area (Å²) in [6.45, 7) is 3.51. The van der Waals surface area contributed by atoms with Gasteiger partial charge in [0.1, 0.15) is 6.10 Å². The largest absolute Gasteiger partial charge is 0.456 e. The first-order valence-electron chi connectivity index (χ1n) is 13.4. The Morgan fingerprint density at radius 2 is 1.45 bits per heavy atom. The standard InChI is InChI=1S/C32H30ClNO8/c1-18(35)40-27-17-39-32(31(42-20(3)37)30(27)41-19(2)36)34-16-24(28-25(33)10-7-11-26(28)34)29(38)23-14-12-22(13-15-23)21-8-5-4-6-9-21/h4-16,27,29-32,38H,17H2,1-3H3/t27-,29?,30+,31-,32-/m1/s1. The van der Waals surface area contributed by atoms with Gasteiger partial charge in [-0.05, 0) is 28.8 Å². The quantitative estimate of drug-likeness (QED) is 0.225. The van der Waals surface area contributed by atoms with Crippen LogP contribution in [-0.2, 0) is 33.3 Å². The van der Waals surface area contributed by atoms with Crippen molar-refractivity contribution in [2.45, 2.75) is 51.4 Å². The molecule has 0 spiro atoms. The van der Waals surface area contributed by atoms with Crippen molar-refractivity contribution in [3.8, 4) is 11.1 Å². The van der Waals surface area contributed by atoms with Gasteiger partial charge in [-0.2, -0.15) is 0 Å². The molecule has 9 nitrogen and oxygen atoms in total. The lowest BCUT2D eigenvalue weighted by Gasteiger charge is -2.41. The van der Waals surface area contributed by atoms with Crippen LogP contribution in [0.5, 0.6) is 0 Å². The maximum absolute atomic E-state index is 12.2. The van der Waals surface area contributed by atoms with Crippen molar-refractivity contribution >= 4 is 40.4 Å². The fourth-order valence-corrected chi connectivity index (χ4v) is 5.62. The zero-order valence-corrected chi connectivity index (χ0v) is 24.0. The number of aromatic nitrogens is 1. The number of ether oxygens (including phenoxy) is 4. The van der Waals surface area contributed by atoms with Crippen molar-refractivity contribution in [2.24, 2.45) is 0 Å². The van der Waals surface area contributed by atoms with Gasteiger partial charge < -0.3 is 28.6 Å². The van der Waals surface area contributed by atoms with Gasteiger partial charge in [0, 0.05) is 37.9 Å². The van der Waals surface area contributed by atoms with E-state index in [2.05, 4.69) is 0 Å². The van der Waals surface area contributed by atoms with E-state index in [4.69, 9.17) is 30.5 Å². The van der Waals surface area contributed by atoms with Gasteiger partial charge in [0.15, 0.2) is 24.5 Å². The van der Waals surface area contributed by atoms with E-state index in [1.807, 2.05) is 54.6 Å². The number of nitrogens with zero attached hydrogens (tertiary/aromatic N) is 1. The predicted molar refractivity (Wildman–Crippen MR) is 155 cm³/mol. The highest BCUT2D eigenvalue weighted by molar-refractivity contribution is 6.35. The lowest BCUT2D eigenvalue weighted by molar-refractivity contribution is -0.239. The van der Waals surface area contributed by atoms with Crippen LogP contribution in [0, 0.1) is 0 Å². The Labute approximate surface area is 247 Å². The molecule has 1 aromatic heterocycles. The van der Waals surface area contributed by atoms with Crippen molar-refractivity contribution in [3.63, 3.8) is 0 Å². The van der Waals surface area contributed by atoms with E-state index in [-0.39, 0.29) is 6.61 Å². The van der Waals surface area contributed by atoms with Crippen LogP contribution in [0.1, 0.15) is 44.2 Å². The van der Waals surface area contributed by atoms with Crippen LogP contribution in [-0.4, -0.2) is 52.5 Å². The Bertz CT molecular complexity index is 1600. The van der Waals surface area contributed by atoms with Gasteiger partial charge in [-0.15, -0.1) is 0 Å². The summed E-state index contributed by atoms with van der Waals surface area (Å²) in [5.74, 6) is -1.91. The van der Waals surface area contributed by atoms with Crippen LogP contribution in [0.3, 0.4) is 0 Å². The van der Waals surface area contributed by atoms with Crippen molar-refractivity contribution in [3.05, 3.63) is 95.1 Å². The number of aliphatic hydroxyl groups is 1. The van der Waals surface area contributed by atoms with Crippen LogP contribution < -0.4 is 0 Å². The molecule has 3 aromatic carbocycles. The average Bonchev–Trinajstić information content (AvgIpc) is 3.35. The van der Waals surface area contributed by atoms with E-state index in [1.54, 1.807) is 29.0 Å². The minimum atomic E-state index is -1.19. The second-order valence-corrected chi connectivity index (χ2v) is 10.4. The molecule has 0 aliphatic carbocycles. The lowest BCUT2D eigenvalue weighted by atomic mass is 9.98. The van der Waals surface area contributed by atoms with E-state index in [0.717, 1.165) is 11.1 Å². The summed E-state index contributed by atoms with van der Waals surface area (Å²) < 4.78 is 24.3. The Hall–Kier alpha value is -4.18. The van der Waals surface area contributed by atoms with Crippen LogP contribution >= 0.6 is 11.6 Å². The molecule has 5 atom stereocenters. The molecule has 1 saturated heterocycles. The van der Waals surface area contributed by atoms with Gasteiger partial charge in [0.05, 0.1) is 17.1 Å². The van der Waals surface area contributed by atoms with Crippen molar-refractivity contribution in [1.29, 1.82) is 0 Å². The minimum Gasteiger partial charge on any atom is -0.456 e. The highest BCUT2D eigenvalue weighted by atomic mass is 35.5. The minimum absolute atomic E-state index is 0.140. The summed E-state index contributed by atoms with van der Waals surface area (Å²) in [5, 5.41) is 12.6. The Morgan fingerprint density at radius 1 is 0.833 bits per heavy atom. The van der Waals surface area contributed by atoms with E-state index in [9.17, 15) is 19.5 Å². The summed E-state index contributed by atoms with van der Waals surface area (Å²) in [4.78, 5) is 36.0. The van der Waals surface area contributed by atoms with E-state index in [1.165, 1.54) is 20.8 Å². The molecule has 1 fully saturated rings. The number of fused-ring (bicyclic) bond motifs is 1. The van der Waals surface area contributed by atoms with Gasteiger partial charge in [-0.3, -0.25) is 14.4 Å². The molecule has 218 valence electrons. The number of carbonyl (C=O) groups excluding carboxylic acids is 3. The molecular weight excluding hydrogens is 562 g/mol. The number of hydrogen-bond donors (Lipinski definition) is 1. The van der Waals surface area contributed by atoms with Gasteiger partial charge in [-0.1, -0.05) is 72.3 Å². The fraction of sp³-hybridized carbons (Fsp3) is 0.281. The van der Waals surface area contributed by atoms with Gasteiger partial charge in [-0.25, -0.2) is 0 Å². The van der Waals surface area contributed by atoms with Gasteiger partial charge in [0.25, 0.3) is 0 Å². The maximum Gasteiger partial charge on any atom is 0.303 e. The first-order valence-corrected chi connectivity index (χ1v) is 13.8. The van der Waals surface area contributed by atoms with Crippen LogP contribution in [0.4, 0.5) is 0 Å². The number of carbonyl (C=O) groups is 3. The molecule has 0 radical (unpaired) electrons. The topological polar surface area (TPSA) is 113 Å². The normalized spacial score (nSPS) is 21.0. The van der Waals surface area contributed by atoms with Crippen LogP contribution in [0.15, 0.2) is 79.0 Å². The monoisotopic (exact) mass is 591 g/mol. The zero-order chi connectivity index (χ0) is 30.0. The molecule has 2 heterocycles. The van der Waals surface area contributed by atoms with E-state index < -0.39 is 48.6 Å². The first-order chi connectivity index (χ1) is 20.1. The summed E-state index contributed by atoms with van der Waals surface area (Å²) >= 11 is 6.67. The molecule has 0 amide bonds. The number of rotatable bonds is 7. The zero-order valence-electron chi connectivity index (χ0n) is 23.2. The molecule has 1 aliphatic rings. The Kier molecular flexibility index (Phi) is 8.63. The average molecular weight is 592 g/mol. The summed E-state index contributed by atoms with van der Waals surface area (Å²) in [5.41, 5.74) is 3.79. The highest BCUT2D eigenvalue weighted by Gasteiger charge is 2.48. The Morgan fingerprint density at radius 3 is 2.10 bits per heavy atom. The molecule has 42 heavy (non-hydrogen) atoms. The molecule has 5 rings (SSSR count).